The molecule has 1 aromatic rings. The summed E-state index contributed by atoms with van der Waals surface area (Å²) in [7, 11) is 1.67. The van der Waals surface area contributed by atoms with E-state index in [0.717, 1.165) is 18.6 Å². The topological polar surface area (TPSA) is 29.5 Å². The van der Waals surface area contributed by atoms with Gasteiger partial charge in [-0.3, -0.25) is 0 Å². The normalized spacial score (nSPS) is 25.2. The predicted octanol–water partition coefficient (Wildman–Crippen LogP) is 2.49. The first kappa shape index (κ1) is 10.2. The van der Waals surface area contributed by atoms with Gasteiger partial charge in [-0.2, -0.15) is 0 Å². The SMILES string of the molecule is COc1ccc([C@@H]2CC=C[C@H](O)C2)cc1. The lowest BCUT2D eigenvalue weighted by molar-refractivity contribution is 0.195. The van der Waals surface area contributed by atoms with Crippen LogP contribution in [0.15, 0.2) is 36.4 Å². The molecule has 0 aromatic heterocycles. The Hall–Kier alpha value is -1.28. The summed E-state index contributed by atoms with van der Waals surface area (Å²) >= 11 is 0. The van der Waals surface area contributed by atoms with Gasteiger partial charge in [0.05, 0.1) is 13.2 Å². The lowest BCUT2D eigenvalue weighted by atomic mass is 9.86. The lowest BCUT2D eigenvalue weighted by Gasteiger charge is -2.21. The molecule has 0 bridgehead atoms. The molecule has 0 amide bonds. The van der Waals surface area contributed by atoms with Gasteiger partial charge in [0.1, 0.15) is 5.75 Å². The monoisotopic (exact) mass is 204 g/mol. The minimum atomic E-state index is -0.286. The van der Waals surface area contributed by atoms with Gasteiger partial charge in [0.25, 0.3) is 0 Å². The number of aliphatic hydroxyl groups excluding tert-OH is 1. The number of aliphatic hydroxyl groups is 1. The number of allylic oxidation sites excluding steroid dienone is 1. The fraction of sp³-hybridized carbons (Fsp3) is 0.385. The second-order valence-corrected chi connectivity index (χ2v) is 3.94. The van der Waals surface area contributed by atoms with E-state index in [1.54, 1.807) is 7.11 Å². The molecule has 2 atom stereocenters. The Morgan fingerprint density at radius 1 is 1.27 bits per heavy atom. The molecule has 0 heterocycles. The maximum Gasteiger partial charge on any atom is 0.118 e. The molecule has 2 heteroatoms. The largest absolute Gasteiger partial charge is 0.497 e. The van der Waals surface area contributed by atoms with E-state index in [4.69, 9.17) is 4.74 Å². The molecule has 1 N–H and O–H groups in total. The summed E-state index contributed by atoms with van der Waals surface area (Å²) in [5.41, 5.74) is 1.28. The zero-order valence-electron chi connectivity index (χ0n) is 8.89. The van der Waals surface area contributed by atoms with Crippen LogP contribution in [0.5, 0.6) is 5.75 Å². The number of benzene rings is 1. The zero-order valence-corrected chi connectivity index (χ0v) is 8.89. The molecule has 0 spiro atoms. The minimum Gasteiger partial charge on any atom is -0.497 e. The zero-order chi connectivity index (χ0) is 10.7. The molecular formula is C13H16O2. The molecule has 1 aromatic carbocycles. The summed E-state index contributed by atoms with van der Waals surface area (Å²) in [5, 5.41) is 9.53. The van der Waals surface area contributed by atoms with Gasteiger partial charge < -0.3 is 9.84 Å². The first-order valence-electron chi connectivity index (χ1n) is 5.28. The van der Waals surface area contributed by atoms with E-state index in [1.165, 1.54) is 5.56 Å². The van der Waals surface area contributed by atoms with Gasteiger partial charge in [-0.1, -0.05) is 24.3 Å². The average molecular weight is 204 g/mol. The van der Waals surface area contributed by atoms with Crippen molar-refractivity contribution in [2.24, 2.45) is 0 Å². The molecular weight excluding hydrogens is 188 g/mol. The Kier molecular flexibility index (Phi) is 3.07. The van der Waals surface area contributed by atoms with E-state index < -0.39 is 0 Å². The van der Waals surface area contributed by atoms with Crippen LogP contribution in [0.2, 0.25) is 0 Å². The van der Waals surface area contributed by atoms with Crippen molar-refractivity contribution in [3.63, 3.8) is 0 Å². The average Bonchev–Trinajstić information content (AvgIpc) is 2.29. The molecule has 0 saturated heterocycles. The molecule has 0 unspecified atom stereocenters. The van der Waals surface area contributed by atoms with Gasteiger partial charge in [-0.25, -0.2) is 0 Å². The Morgan fingerprint density at radius 2 is 2.00 bits per heavy atom. The summed E-state index contributed by atoms with van der Waals surface area (Å²) < 4.78 is 5.11. The molecule has 80 valence electrons. The fourth-order valence-corrected chi connectivity index (χ4v) is 2.01. The van der Waals surface area contributed by atoms with Crippen molar-refractivity contribution in [2.75, 3.05) is 7.11 Å². The van der Waals surface area contributed by atoms with Crippen molar-refractivity contribution < 1.29 is 9.84 Å². The molecule has 1 aliphatic carbocycles. The van der Waals surface area contributed by atoms with Gasteiger partial charge in [-0.15, -0.1) is 0 Å². The summed E-state index contributed by atoms with van der Waals surface area (Å²) in [5.74, 6) is 1.32. The van der Waals surface area contributed by atoms with Crippen LogP contribution in [0, 0.1) is 0 Å². The molecule has 2 nitrogen and oxygen atoms in total. The molecule has 15 heavy (non-hydrogen) atoms. The second kappa shape index (κ2) is 4.49. The number of rotatable bonds is 2. The van der Waals surface area contributed by atoms with E-state index >= 15 is 0 Å². The Labute approximate surface area is 90.2 Å². The van der Waals surface area contributed by atoms with E-state index in [-0.39, 0.29) is 6.10 Å². The first-order chi connectivity index (χ1) is 7.29. The number of hydrogen-bond acceptors (Lipinski definition) is 2. The Balaban J connectivity index is 2.12. The standard InChI is InChI=1S/C13H16O2/c1-15-13-7-5-10(6-8-13)11-3-2-4-12(14)9-11/h2,4-8,11-12,14H,3,9H2,1H3/t11-,12+/m1/s1. The van der Waals surface area contributed by atoms with Crippen molar-refractivity contribution in [3.8, 4) is 5.75 Å². The third-order valence-corrected chi connectivity index (χ3v) is 2.89. The molecule has 1 aliphatic rings. The van der Waals surface area contributed by atoms with E-state index in [1.807, 2.05) is 18.2 Å². The molecule has 2 rings (SSSR count). The van der Waals surface area contributed by atoms with Gasteiger partial charge in [0.2, 0.25) is 0 Å². The van der Waals surface area contributed by atoms with Gasteiger partial charge in [-0.05, 0) is 36.5 Å². The van der Waals surface area contributed by atoms with Gasteiger partial charge >= 0.3 is 0 Å². The van der Waals surface area contributed by atoms with Crippen LogP contribution in [-0.4, -0.2) is 18.3 Å². The van der Waals surface area contributed by atoms with Crippen LogP contribution in [-0.2, 0) is 0 Å². The van der Waals surface area contributed by atoms with Crippen LogP contribution in [0.3, 0.4) is 0 Å². The molecule has 0 fully saturated rings. The second-order valence-electron chi connectivity index (χ2n) is 3.94. The maximum atomic E-state index is 9.53. The Morgan fingerprint density at radius 3 is 2.60 bits per heavy atom. The first-order valence-corrected chi connectivity index (χ1v) is 5.28. The third-order valence-electron chi connectivity index (χ3n) is 2.89. The van der Waals surface area contributed by atoms with E-state index in [2.05, 4.69) is 18.2 Å². The van der Waals surface area contributed by atoms with Crippen LogP contribution in [0.4, 0.5) is 0 Å². The third kappa shape index (κ3) is 2.39. The summed E-state index contributed by atoms with van der Waals surface area (Å²) in [6.45, 7) is 0. The molecule has 0 aliphatic heterocycles. The quantitative estimate of drug-likeness (QED) is 0.750. The van der Waals surface area contributed by atoms with Crippen LogP contribution in [0.25, 0.3) is 0 Å². The van der Waals surface area contributed by atoms with Gasteiger partial charge in [0.15, 0.2) is 0 Å². The van der Waals surface area contributed by atoms with Crippen molar-refractivity contribution in [3.05, 3.63) is 42.0 Å². The minimum absolute atomic E-state index is 0.286. The van der Waals surface area contributed by atoms with Gasteiger partial charge in [0, 0.05) is 0 Å². The number of ether oxygens (including phenoxy) is 1. The highest BCUT2D eigenvalue weighted by Gasteiger charge is 2.17. The highest BCUT2D eigenvalue weighted by molar-refractivity contribution is 5.30. The summed E-state index contributed by atoms with van der Waals surface area (Å²) in [6.07, 6.45) is 5.49. The summed E-state index contributed by atoms with van der Waals surface area (Å²) in [6, 6.07) is 8.10. The lowest BCUT2D eigenvalue weighted by Crippen LogP contribution is -2.13. The van der Waals surface area contributed by atoms with Crippen LogP contribution >= 0.6 is 0 Å². The number of hydrogen-bond donors (Lipinski definition) is 1. The molecule has 0 saturated carbocycles. The Bertz CT molecular complexity index is 340. The van der Waals surface area contributed by atoms with Crippen molar-refractivity contribution >= 4 is 0 Å². The number of methoxy groups -OCH3 is 1. The fourth-order valence-electron chi connectivity index (χ4n) is 2.01. The highest BCUT2D eigenvalue weighted by atomic mass is 16.5. The van der Waals surface area contributed by atoms with Crippen LogP contribution in [0.1, 0.15) is 24.3 Å². The smallest absolute Gasteiger partial charge is 0.118 e. The molecule has 0 radical (unpaired) electrons. The van der Waals surface area contributed by atoms with E-state index in [0.29, 0.717) is 5.92 Å². The maximum absolute atomic E-state index is 9.53. The highest BCUT2D eigenvalue weighted by Crippen LogP contribution is 2.30. The van der Waals surface area contributed by atoms with Crippen molar-refractivity contribution in [1.82, 2.24) is 0 Å². The van der Waals surface area contributed by atoms with E-state index in [9.17, 15) is 5.11 Å². The van der Waals surface area contributed by atoms with Crippen LogP contribution < -0.4 is 4.74 Å². The predicted molar refractivity (Wildman–Crippen MR) is 60.1 cm³/mol. The van der Waals surface area contributed by atoms with Crippen molar-refractivity contribution in [1.29, 1.82) is 0 Å². The van der Waals surface area contributed by atoms with Crippen molar-refractivity contribution in [2.45, 2.75) is 24.9 Å². The summed E-state index contributed by atoms with van der Waals surface area (Å²) in [4.78, 5) is 0.